The number of aliphatic hydroxyl groups excluding tert-OH is 2. The number of hydrogen-bond donors (Lipinski definition) is 3. The summed E-state index contributed by atoms with van der Waals surface area (Å²) in [6, 6.07) is -0.540. The summed E-state index contributed by atoms with van der Waals surface area (Å²) in [6.07, 6.45) is 98.5. The van der Waals surface area contributed by atoms with Gasteiger partial charge in [0.2, 0.25) is 5.91 Å². The van der Waals surface area contributed by atoms with E-state index in [1.54, 1.807) is 0 Å². The lowest BCUT2D eigenvalue weighted by Crippen LogP contribution is -2.45. The number of ether oxygens (including phenoxy) is 1. The van der Waals surface area contributed by atoms with Crippen LogP contribution in [-0.4, -0.2) is 47.4 Å². The molecule has 6 nitrogen and oxygen atoms in total. The molecule has 0 heterocycles. The van der Waals surface area contributed by atoms with E-state index in [0.29, 0.717) is 25.9 Å². The van der Waals surface area contributed by atoms with Gasteiger partial charge in [0.1, 0.15) is 0 Å². The normalized spacial score (nSPS) is 12.6. The van der Waals surface area contributed by atoms with Gasteiger partial charge in [0.05, 0.1) is 25.4 Å². The molecule has 0 saturated carbocycles. The van der Waals surface area contributed by atoms with Crippen LogP contribution in [0.5, 0.6) is 0 Å². The Bertz CT molecular complexity index is 1360. The van der Waals surface area contributed by atoms with E-state index in [1.165, 1.54) is 379 Å². The third kappa shape index (κ3) is 73.3. The zero-order valence-corrected chi connectivity index (χ0v) is 59.3. The molecule has 2 atom stereocenters. The zero-order chi connectivity index (χ0) is 62.8. The van der Waals surface area contributed by atoms with Crippen LogP contribution in [0, 0.1) is 0 Å². The smallest absolute Gasteiger partial charge is 0.305 e. The highest BCUT2D eigenvalue weighted by Crippen LogP contribution is 2.20. The predicted molar refractivity (Wildman–Crippen MR) is 384 cm³/mol. The van der Waals surface area contributed by atoms with Gasteiger partial charge in [0.15, 0.2) is 0 Å². The molecule has 0 aliphatic rings. The molecule has 0 rings (SSSR count). The maximum atomic E-state index is 12.6. The van der Waals surface area contributed by atoms with Crippen LogP contribution < -0.4 is 5.32 Å². The number of unbranched alkanes of at least 4 members (excludes halogenated alkanes) is 61. The zero-order valence-electron chi connectivity index (χ0n) is 59.3. The first-order valence-corrected chi connectivity index (χ1v) is 40.1. The maximum absolute atomic E-state index is 12.6. The Balaban J connectivity index is 3.35. The van der Waals surface area contributed by atoms with Crippen molar-refractivity contribution in [3.63, 3.8) is 0 Å². The van der Waals surface area contributed by atoms with Crippen LogP contribution in [0.4, 0.5) is 0 Å². The number of rotatable bonds is 76. The van der Waals surface area contributed by atoms with Gasteiger partial charge in [0.25, 0.3) is 0 Å². The molecular formula is C81H157NO5. The minimum atomic E-state index is -0.663. The van der Waals surface area contributed by atoms with Gasteiger partial charge in [-0.3, -0.25) is 9.59 Å². The Kier molecular flexibility index (Phi) is 75.3. The largest absolute Gasteiger partial charge is 0.466 e. The Morgan fingerprint density at radius 1 is 0.322 bits per heavy atom. The van der Waals surface area contributed by atoms with E-state index in [0.717, 1.165) is 44.9 Å². The summed E-state index contributed by atoms with van der Waals surface area (Å²) in [5, 5.41) is 23.4. The highest BCUT2D eigenvalue weighted by molar-refractivity contribution is 5.76. The lowest BCUT2D eigenvalue weighted by molar-refractivity contribution is -0.143. The SMILES string of the molecule is CCCCCCCCCCCCCCCCCCCCCCC(O)C(CO)NC(=O)CCCCCCCCCCCCCCCCCCC/C=C\C/C=C\CCCCCCCCCCCCCCCCCOC(=O)CCCCCCCCCCCCC. The van der Waals surface area contributed by atoms with Gasteiger partial charge in [-0.1, -0.05) is 411 Å². The first-order chi connectivity index (χ1) is 43.0. The minimum absolute atomic E-state index is 0.0208. The van der Waals surface area contributed by atoms with Crippen LogP contribution in [0.2, 0.25) is 0 Å². The average Bonchev–Trinajstić information content (AvgIpc) is 3.52. The third-order valence-electron chi connectivity index (χ3n) is 19.0. The van der Waals surface area contributed by atoms with Crippen molar-refractivity contribution in [1.29, 1.82) is 0 Å². The van der Waals surface area contributed by atoms with Crippen LogP contribution in [0.15, 0.2) is 24.3 Å². The molecule has 6 heteroatoms. The quantitative estimate of drug-likeness (QED) is 0.0320. The van der Waals surface area contributed by atoms with Crippen molar-refractivity contribution in [2.75, 3.05) is 13.2 Å². The highest BCUT2D eigenvalue weighted by Gasteiger charge is 2.20. The summed E-state index contributed by atoms with van der Waals surface area (Å²) in [4.78, 5) is 24.6. The molecule has 0 aromatic rings. The molecule has 0 spiro atoms. The predicted octanol–water partition coefficient (Wildman–Crippen LogP) is 26.4. The molecule has 0 aromatic heterocycles. The van der Waals surface area contributed by atoms with E-state index in [9.17, 15) is 19.8 Å². The second kappa shape index (κ2) is 76.8. The fourth-order valence-corrected chi connectivity index (χ4v) is 12.9. The molecular weight excluding hydrogens is 1070 g/mol. The number of esters is 1. The molecule has 1 amide bonds. The summed E-state index contributed by atoms with van der Waals surface area (Å²) in [6.45, 7) is 5.00. The number of allylic oxidation sites excluding steroid dienone is 4. The van der Waals surface area contributed by atoms with Crippen molar-refractivity contribution in [2.24, 2.45) is 0 Å². The maximum Gasteiger partial charge on any atom is 0.305 e. The molecule has 0 radical (unpaired) electrons. The topological polar surface area (TPSA) is 95.9 Å². The third-order valence-corrected chi connectivity index (χ3v) is 19.0. The second-order valence-electron chi connectivity index (χ2n) is 27.8. The van der Waals surface area contributed by atoms with Crippen molar-refractivity contribution < 1.29 is 24.5 Å². The van der Waals surface area contributed by atoms with Gasteiger partial charge in [-0.2, -0.15) is 0 Å². The molecule has 0 fully saturated rings. The van der Waals surface area contributed by atoms with Crippen LogP contribution in [0.1, 0.15) is 457 Å². The Morgan fingerprint density at radius 3 is 0.874 bits per heavy atom. The number of carbonyl (C=O) groups is 2. The van der Waals surface area contributed by atoms with E-state index in [-0.39, 0.29) is 18.5 Å². The molecule has 516 valence electrons. The van der Waals surface area contributed by atoms with Crippen LogP contribution in [0.3, 0.4) is 0 Å². The summed E-state index contributed by atoms with van der Waals surface area (Å²) in [7, 11) is 0. The van der Waals surface area contributed by atoms with E-state index in [2.05, 4.69) is 43.5 Å². The summed E-state index contributed by atoms with van der Waals surface area (Å²) < 4.78 is 5.48. The van der Waals surface area contributed by atoms with E-state index in [1.807, 2.05) is 0 Å². The summed E-state index contributed by atoms with van der Waals surface area (Å²) >= 11 is 0. The lowest BCUT2D eigenvalue weighted by Gasteiger charge is -2.22. The molecule has 0 aliphatic heterocycles. The lowest BCUT2D eigenvalue weighted by atomic mass is 10.0. The van der Waals surface area contributed by atoms with Gasteiger partial charge < -0.3 is 20.3 Å². The molecule has 0 bridgehead atoms. The first-order valence-electron chi connectivity index (χ1n) is 40.1. The van der Waals surface area contributed by atoms with E-state index < -0.39 is 12.1 Å². The van der Waals surface area contributed by atoms with Crippen LogP contribution in [0.25, 0.3) is 0 Å². The molecule has 87 heavy (non-hydrogen) atoms. The van der Waals surface area contributed by atoms with Crippen molar-refractivity contribution >= 4 is 11.9 Å². The van der Waals surface area contributed by atoms with Crippen LogP contribution in [-0.2, 0) is 14.3 Å². The molecule has 0 aromatic carbocycles. The minimum Gasteiger partial charge on any atom is -0.466 e. The van der Waals surface area contributed by atoms with Crippen LogP contribution >= 0.6 is 0 Å². The highest BCUT2D eigenvalue weighted by atomic mass is 16.5. The summed E-state index contributed by atoms with van der Waals surface area (Å²) in [5.41, 5.74) is 0. The van der Waals surface area contributed by atoms with Gasteiger partial charge in [-0.25, -0.2) is 0 Å². The van der Waals surface area contributed by atoms with Crippen molar-refractivity contribution in [3.8, 4) is 0 Å². The van der Waals surface area contributed by atoms with Crippen molar-refractivity contribution in [1.82, 2.24) is 5.32 Å². The van der Waals surface area contributed by atoms with E-state index in [4.69, 9.17) is 4.74 Å². The van der Waals surface area contributed by atoms with E-state index >= 15 is 0 Å². The fourth-order valence-electron chi connectivity index (χ4n) is 12.9. The summed E-state index contributed by atoms with van der Waals surface area (Å²) in [5.74, 6) is -0.00590. The van der Waals surface area contributed by atoms with Crippen molar-refractivity contribution in [3.05, 3.63) is 24.3 Å². The monoisotopic (exact) mass is 1220 g/mol. The standard InChI is InChI=1S/C81H157NO5/c1-3-5-7-9-11-13-15-16-17-18-19-41-44-47-50-54-57-61-65-69-73-79(84)78(77-83)82-80(85)74-70-66-62-58-55-51-48-45-42-39-37-35-33-31-29-27-25-23-21-20-22-24-26-28-30-32-34-36-38-40-43-46-49-52-56-60-64-68-72-76-87-81(86)75-71-67-63-59-53-14-12-10-8-6-4-2/h20-21,24,26,78-79,83-84H,3-19,22-23,25,27-77H2,1-2H3,(H,82,85)/b21-20-,26-24-. The van der Waals surface area contributed by atoms with Gasteiger partial charge >= 0.3 is 5.97 Å². The Hall–Kier alpha value is -1.66. The second-order valence-corrected chi connectivity index (χ2v) is 27.8. The average molecular weight is 1230 g/mol. The van der Waals surface area contributed by atoms with Gasteiger partial charge in [0, 0.05) is 12.8 Å². The molecule has 0 aliphatic carbocycles. The number of amides is 1. The number of carbonyl (C=O) groups excluding carboxylic acids is 2. The molecule has 0 saturated heterocycles. The first kappa shape index (κ1) is 85.3. The molecule has 3 N–H and O–H groups in total. The number of nitrogens with one attached hydrogen (secondary N) is 1. The fraction of sp³-hybridized carbons (Fsp3) is 0.926. The van der Waals surface area contributed by atoms with Gasteiger partial charge in [-0.05, 0) is 57.8 Å². The van der Waals surface area contributed by atoms with Crippen molar-refractivity contribution in [2.45, 2.75) is 469 Å². The number of aliphatic hydroxyl groups is 2. The molecule has 2 unspecified atom stereocenters. The van der Waals surface area contributed by atoms with Gasteiger partial charge in [-0.15, -0.1) is 0 Å². The Morgan fingerprint density at radius 2 is 0.575 bits per heavy atom. The Labute approximate surface area is 545 Å². The number of hydrogen-bond acceptors (Lipinski definition) is 5.